The van der Waals surface area contributed by atoms with Crippen molar-refractivity contribution in [3.63, 3.8) is 0 Å². The van der Waals surface area contributed by atoms with Gasteiger partial charge in [-0.25, -0.2) is 14.8 Å². The van der Waals surface area contributed by atoms with Gasteiger partial charge in [0.15, 0.2) is 0 Å². The van der Waals surface area contributed by atoms with Crippen molar-refractivity contribution in [3.8, 4) is 0 Å². The first-order chi connectivity index (χ1) is 14.9. The van der Waals surface area contributed by atoms with Crippen molar-refractivity contribution in [2.24, 2.45) is 11.8 Å². The first-order valence-corrected chi connectivity index (χ1v) is 10.9. The smallest absolute Gasteiger partial charge is 0.475 e. The number of nitrogens with zero attached hydrogens (tertiary/aromatic N) is 4. The summed E-state index contributed by atoms with van der Waals surface area (Å²) in [5.74, 6) is -0.983. The van der Waals surface area contributed by atoms with Crippen molar-refractivity contribution in [1.82, 2.24) is 20.2 Å². The van der Waals surface area contributed by atoms with Gasteiger partial charge in [-0.3, -0.25) is 4.79 Å². The molecule has 4 rings (SSSR count). The van der Waals surface area contributed by atoms with Crippen LogP contribution in [0, 0.1) is 25.7 Å². The molecule has 3 aliphatic rings. The van der Waals surface area contributed by atoms with Crippen LogP contribution in [-0.2, 0) is 9.59 Å². The minimum Gasteiger partial charge on any atom is -0.475 e. The molecule has 1 aromatic rings. The second-order valence-electron chi connectivity index (χ2n) is 8.86. The lowest BCUT2D eigenvalue weighted by Crippen LogP contribution is -2.55. The molecule has 11 heteroatoms. The Kier molecular flexibility index (Phi) is 6.97. The van der Waals surface area contributed by atoms with Crippen LogP contribution >= 0.6 is 0 Å². The molecule has 0 aromatic carbocycles. The molecule has 0 bridgehead atoms. The lowest BCUT2D eigenvalue weighted by Gasteiger charge is -2.42. The highest BCUT2D eigenvalue weighted by atomic mass is 19.4. The number of anilines is 1. The van der Waals surface area contributed by atoms with E-state index in [1.807, 2.05) is 19.9 Å². The summed E-state index contributed by atoms with van der Waals surface area (Å²) in [6.07, 6.45) is -1.93. The molecule has 3 saturated heterocycles. The molecule has 1 spiro atoms. The maximum atomic E-state index is 12.5. The monoisotopic (exact) mass is 457 g/mol. The molecule has 0 saturated carbocycles. The van der Waals surface area contributed by atoms with Crippen LogP contribution in [0.1, 0.15) is 37.6 Å². The maximum Gasteiger partial charge on any atom is 0.490 e. The summed E-state index contributed by atoms with van der Waals surface area (Å²) < 4.78 is 31.7. The van der Waals surface area contributed by atoms with Crippen LogP contribution in [0.5, 0.6) is 0 Å². The Morgan fingerprint density at radius 3 is 2.28 bits per heavy atom. The standard InChI is InChI=1S/C19H29N5O.C2HF3O2/c1-4-7-23-11-15-16(12-23)19(22-17(15)25)5-8-24(9-6-19)18-20-13(2)10-14(3)21-18;3-2(4,5)1(6)7/h10,15-16H,4-9,11-12H2,1-3H3,(H,22,25);(H,6,7). The van der Waals surface area contributed by atoms with E-state index in [2.05, 4.69) is 32.0 Å². The number of carboxylic acids is 1. The van der Waals surface area contributed by atoms with Crippen LogP contribution in [0.3, 0.4) is 0 Å². The summed E-state index contributed by atoms with van der Waals surface area (Å²) in [5.41, 5.74) is 2.02. The molecule has 3 fully saturated rings. The molecule has 2 unspecified atom stereocenters. The minimum atomic E-state index is -5.08. The average molecular weight is 457 g/mol. The maximum absolute atomic E-state index is 12.5. The predicted octanol–water partition coefficient (Wildman–Crippen LogP) is 2.15. The second-order valence-corrected chi connectivity index (χ2v) is 8.86. The van der Waals surface area contributed by atoms with E-state index in [1.54, 1.807) is 0 Å². The van der Waals surface area contributed by atoms with Gasteiger partial charge in [0.25, 0.3) is 0 Å². The van der Waals surface area contributed by atoms with Gasteiger partial charge in [0.2, 0.25) is 11.9 Å². The summed E-state index contributed by atoms with van der Waals surface area (Å²) in [5, 5.41) is 10.5. The normalized spacial score (nSPS) is 24.7. The largest absolute Gasteiger partial charge is 0.490 e. The fourth-order valence-corrected chi connectivity index (χ4v) is 5.09. The Bertz CT molecular complexity index is 835. The molecule has 1 aromatic heterocycles. The zero-order valence-corrected chi connectivity index (χ0v) is 18.6. The number of carbonyl (C=O) groups is 2. The lowest BCUT2D eigenvalue weighted by molar-refractivity contribution is -0.192. The van der Waals surface area contributed by atoms with Crippen LogP contribution in [0.15, 0.2) is 6.07 Å². The number of aryl methyl sites for hydroxylation is 2. The van der Waals surface area contributed by atoms with Gasteiger partial charge < -0.3 is 20.2 Å². The van der Waals surface area contributed by atoms with Crippen molar-refractivity contribution < 1.29 is 27.9 Å². The highest BCUT2D eigenvalue weighted by Gasteiger charge is 2.57. The third kappa shape index (κ3) is 5.13. The van der Waals surface area contributed by atoms with Gasteiger partial charge in [-0.05, 0) is 45.7 Å². The molecule has 8 nitrogen and oxygen atoms in total. The number of likely N-dealkylation sites (tertiary alicyclic amines) is 1. The molecule has 0 aliphatic carbocycles. The fourth-order valence-electron chi connectivity index (χ4n) is 5.09. The van der Waals surface area contributed by atoms with E-state index in [1.165, 1.54) is 0 Å². The Balaban J connectivity index is 0.000000360. The van der Waals surface area contributed by atoms with Crippen LogP contribution in [0.4, 0.5) is 19.1 Å². The van der Waals surface area contributed by atoms with Gasteiger partial charge in [0.05, 0.1) is 5.92 Å². The number of alkyl halides is 3. The third-order valence-corrected chi connectivity index (χ3v) is 6.51. The number of hydrogen-bond acceptors (Lipinski definition) is 6. The molecule has 1 amide bonds. The Morgan fingerprint density at radius 1 is 1.22 bits per heavy atom. The van der Waals surface area contributed by atoms with E-state index < -0.39 is 12.1 Å². The first kappa shape index (κ1) is 24.2. The van der Waals surface area contributed by atoms with E-state index in [0.717, 1.165) is 69.3 Å². The number of aliphatic carboxylic acids is 1. The summed E-state index contributed by atoms with van der Waals surface area (Å²) in [6, 6.07) is 2.01. The molecule has 178 valence electrons. The van der Waals surface area contributed by atoms with Crippen molar-refractivity contribution in [2.45, 2.75) is 51.7 Å². The third-order valence-electron chi connectivity index (χ3n) is 6.51. The summed E-state index contributed by atoms with van der Waals surface area (Å²) in [6.45, 7) is 11.2. The number of piperidine rings is 1. The quantitative estimate of drug-likeness (QED) is 0.718. The Hall–Kier alpha value is -2.43. The van der Waals surface area contributed by atoms with Gasteiger partial charge >= 0.3 is 12.1 Å². The molecule has 32 heavy (non-hydrogen) atoms. The summed E-state index contributed by atoms with van der Waals surface area (Å²) in [7, 11) is 0. The number of hydrogen-bond donors (Lipinski definition) is 2. The lowest BCUT2D eigenvalue weighted by atomic mass is 9.75. The van der Waals surface area contributed by atoms with Gasteiger partial charge in [-0.1, -0.05) is 6.92 Å². The number of nitrogens with one attached hydrogen (secondary N) is 1. The molecular formula is C21H30F3N5O3. The van der Waals surface area contributed by atoms with Crippen molar-refractivity contribution in [3.05, 3.63) is 17.5 Å². The SMILES string of the molecule is CCCN1CC2C(=O)NC3(CCN(c4nc(C)cc(C)n4)CC3)C2C1.O=C(O)C(F)(F)F. The molecule has 0 radical (unpaired) electrons. The fraction of sp³-hybridized carbons (Fsp3) is 0.714. The predicted molar refractivity (Wildman–Crippen MR) is 111 cm³/mol. The highest BCUT2D eigenvalue weighted by molar-refractivity contribution is 5.83. The number of rotatable bonds is 3. The molecule has 3 aliphatic heterocycles. The van der Waals surface area contributed by atoms with Gasteiger partial charge in [-0.2, -0.15) is 13.2 Å². The van der Waals surface area contributed by atoms with E-state index in [0.29, 0.717) is 5.92 Å². The Morgan fingerprint density at radius 2 is 1.78 bits per heavy atom. The van der Waals surface area contributed by atoms with Crippen LogP contribution in [0.25, 0.3) is 0 Å². The van der Waals surface area contributed by atoms with Crippen molar-refractivity contribution in [2.75, 3.05) is 37.6 Å². The van der Waals surface area contributed by atoms with Gasteiger partial charge in [0, 0.05) is 49.0 Å². The number of aromatic nitrogens is 2. The highest BCUT2D eigenvalue weighted by Crippen LogP contribution is 2.44. The number of fused-ring (bicyclic) bond motifs is 2. The van der Waals surface area contributed by atoms with Gasteiger partial charge in [-0.15, -0.1) is 0 Å². The van der Waals surface area contributed by atoms with Crippen LogP contribution in [-0.4, -0.2) is 76.3 Å². The topological polar surface area (TPSA) is 98.7 Å². The van der Waals surface area contributed by atoms with E-state index in [9.17, 15) is 18.0 Å². The number of amides is 1. The van der Waals surface area contributed by atoms with Crippen LogP contribution in [0.2, 0.25) is 0 Å². The summed E-state index contributed by atoms with van der Waals surface area (Å²) >= 11 is 0. The van der Waals surface area contributed by atoms with Gasteiger partial charge in [0.1, 0.15) is 0 Å². The van der Waals surface area contributed by atoms with Crippen molar-refractivity contribution >= 4 is 17.8 Å². The molecule has 4 heterocycles. The molecule has 2 atom stereocenters. The molecular weight excluding hydrogens is 427 g/mol. The first-order valence-electron chi connectivity index (χ1n) is 10.9. The van der Waals surface area contributed by atoms with E-state index in [-0.39, 0.29) is 17.4 Å². The van der Waals surface area contributed by atoms with Crippen molar-refractivity contribution in [1.29, 1.82) is 0 Å². The zero-order valence-electron chi connectivity index (χ0n) is 18.6. The van der Waals surface area contributed by atoms with E-state index in [4.69, 9.17) is 9.90 Å². The zero-order chi connectivity index (χ0) is 23.7. The number of halogens is 3. The second kappa shape index (κ2) is 9.21. The Labute approximate surface area is 185 Å². The average Bonchev–Trinajstić information content (AvgIpc) is 3.21. The van der Waals surface area contributed by atoms with Crippen LogP contribution < -0.4 is 10.2 Å². The number of carboxylic acid groups (broad SMARTS) is 1. The minimum absolute atomic E-state index is 0.0143. The molecule has 2 N–H and O–H groups in total. The summed E-state index contributed by atoms with van der Waals surface area (Å²) in [4.78, 5) is 35.4. The van der Waals surface area contributed by atoms with E-state index >= 15 is 0 Å². The number of carbonyl (C=O) groups excluding carboxylic acids is 1.